The van der Waals surface area contributed by atoms with Crippen LogP contribution in [0.5, 0.6) is 17.2 Å². The Morgan fingerprint density at radius 2 is 1.61 bits per heavy atom. The van der Waals surface area contributed by atoms with Crippen molar-refractivity contribution in [3.05, 3.63) is 72.3 Å². The molecule has 174 valence electrons. The number of amides is 1. The minimum Gasteiger partial charge on any atom is -0.497 e. The van der Waals surface area contributed by atoms with E-state index in [4.69, 9.17) is 14.2 Å². The quantitative estimate of drug-likeness (QED) is 0.460. The summed E-state index contributed by atoms with van der Waals surface area (Å²) in [6.45, 7) is 2.15. The number of methoxy groups -OCH3 is 2. The van der Waals surface area contributed by atoms with Crippen LogP contribution < -0.4 is 24.2 Å². The van der Waals surface area contributed by atoms with Crippen molar-refractivity contribution in [1.29, 1.82) is 0 Å². The first kappa shape index (κ1) is 23.9. The second-order valence-electron chi connectivity index (χ2n) is 7.16. The van der Waals surface area contributed by atoms with E-state index in [1.165, 1.54) is 26.4 Å². The molecule has 0 heterocycles. The van der Waals surface area contributed by atoms with Gasteiger partial charge < -0.3 is 19.5 Å². The van der Waals surface area contributed by atoms with Crippen molar-refractivity contribution in [3.63, 3.8) is 0 Å². The van der Waals surface area contributed by atoms with Crippen molar-refractivity contribution >= 4 is 27.3 Å². The fourth-order valence-electron chi connectivity index (χ4n) is 3.02. The lowest BCUT2D eigenvalue weighted by molar-refractivity contribution is -0.116. The van der Waals surface area contributed by atoms with E-state index in [0.29, 0.717) is 22.9 Å². The van der Waals surface area contributed by atoms with Gasteiger partial charge in [-0.25, -0.2) is 8.42 Å². The van der Waals surface area contributed by atoms with Gasteiger partial charge in [-0.2, -0.15) is 0 Å². The van der Waals surface area contributed by atoms with Gasteiger partial charge in [0.1, 0.15) is 22.1 Å². The van der Waals surface area contributed by atoms with E-state index >= 15 is 0 Å². The van der Waals surface area contributed by atoms with Crippen molar-refractivity contribution in [1.82, 2.24) is 0 Å². The molecule has 0 spiro atoms. The average molecular weight is 471 g/mol. The van der Waals surface area contributed by atoms with E-state index in [2.05, 4.69) is 10.0 Å². The zero-order chi connectivity index (χ0) is 23.8. The van der Waals surface area contributed by atoms with Crippen LogP contribution in [0.15, 0.2) is 71.6 Å². The number of nitrogens with one attached hydrogen (secondary N) is 2. The monoisotopic (exact) mass is 470 g/mol. The summed E-state index contributed by atoms with van der Waals surface area (Å²) >= 11 is 0. The molecule has 0 aliphatic rings. The number of carbonyl (C=O) groups is 1. The summed E-state index contributed by atoms with van der Waals surface area (Å²) in [5, 5.41) is 2.70. The zero-order valence-corrected chi connectivity index (χ0v) is 19.4. The Morgan fingerprint density at radius 1 is 0.879 bits per heavy atom. The van der Waals surface area contributed by atoms with Crippen LogP contribution in [0, 0.1) is 6.92 Å². The number of hydrogen-bond acceptors (Lipinski definition) is 6. The van der Waals surface area contributed by atoms with E-state index in [0.717, 1.165) is 5.56 Å². The molecule has 0 bridgehead atoms. The Bertz CT molecular complexity index is 1210. The third-order valence-electron chi connectivity index (χ3n) is 4.67. The van der Waals surface area contributed by atoms with Crippen molar-refractivity contribution in [2.24, 2.45) is 0 Å². The Hall–Kier alpha value is -3.72. The van der Waals surface area contributed by atoms with Crippen LogP contribution in [0.25, 0.3) is 0 Å². The third kappa shape index (κ3) is 6.63. The number of sulfonamides is 1. The van der Waals surface area contributed by atoms with Gasteiger partial charge in [-0.15, -0.1) is 0 Å². The Morgan fingerprint density at radius 3 is 2.27 bits per heavy atom. The van der Waals surface area contributed by atoms with Crippen LogP contribution >= 0.6 is 0 Å². The standard InChI is InChI=1S/C24H26N2O6S/c1-17-5-4-6-21(15-17)32-14-13-24(27)25-19-9-12-22(31-3)23(16-19)33(28,29)26-18-7-10-20(30-2)11-8-18/h4-12,15-16,26H,13-14H2,1-3H3,(H,25,27). The van der Waals surface area contributed by atoms with Crippen LogP contribution in [0.4, 0.5) is 11.4 Å². The first-order valence-electron chi connectivity index (χ1n) is 10.1. The molecule has 0 aliphatic heterocycles. The lowest BCUT2D eigenvalue weighted by atomic mass is 10.2. The molecule has 3 rings (SSSR count). The highest BCUT2D eigenvalue weighted by Gasteiger charge is 2.21. The number of anilines is 2. The third-order valence-corrected chi connectivity index (χ3v) is 6.07. The molecule has 0 saturated heterocycles. The molecule has 33 heavy (non-hydrogen) atoms. The highest BCUT2D eigenvalue weighted by Crippen LogP contribution is 2.29. The summed E-state index contributed by atoms with van der Waals surface area (Å²) in [6, 6.07) is 18.4. The largest absolute Gasteiger partial charge is 0.497 e. The van der Waals surface area contributed by atoms with Gasteiger partial charge in [-0.3, -0.25) is 9.52 Å². The summed E-state index contributed by atoms with van der Waals surface area (Å²) in [4.78, 5) is 12.2. The van der Waals surface area contributed by atoms with Crippen LogP contribution in [-0.4, -0.2) is 35.2 Å². The average Bonchev–Trinajstić information content (AvgIpc) is 2.79. The lowest BCUT2D eigenvalue weighted by Crippen LogP contribution is -2.17. The number of hydrogen-bond donors (Lipinski definition) is 2. The Balaban J connectivity index is 1.68. The molecular weight excluding hydrogens is 444 g/mol. The minimum absolute atomic E-state index is 0.102. The lowest BCUT2D eigenvalue weighted by Gasteiger charge is -2.14. The predicted octanol–water partition coefficient (Wildman–Crippen LogP) is 4.22. The highest BCUT2D eigenvalue weighted by molar-refractivity contribution is 7.92. The zero-order valence-electron chi connectivity index (χ0n) is 18.6. The predicted molar refractivity (Wildman–Crippen MR) is 127 cm³/mol. The number of aryl methyl sites for hydroxylation is 1. The molecular formula is C24H26N2O6S. The SMILES string of the molecule is COc1ccc(NS(=O)(=O)c2cc(NC(=O)CCOc3cccc(C)c3)ccc2OC)cc1. The second-order valence-corrected chi connectivity index (χ2v) is 8.81. The van der Waals surface area contributed by atoms with Crippen molar-refractivity contribution < 1.29 is 27.4 Å². The van der Waals surface area contributed by atoms with Gasteiger partial charge in [-0.1, -0.05) is 12.1 Å². The van der Waals surface area contributed by atoms with Crippen LogP contribution in [0.1, 0.15) is 12.0 Å². The highest BCUT2D eigenvalue weighted by atomic mass is 32.2. The van der Waals surface area contributed by atoms with Gasteiger partial charge in [0.15, 0.2) is 0 Å². The molecule has 0 atom stereocenters. The van der Waals surface area contributed by atoms with Crippen molar-refractivity contribution in [2.45, 2.75) is 18.2 Å². The summed E-state index contributed by atoms with van der Waals surface area (Å²) in [5.74, 6) is 1.13. The molecule has 3 aromatic rings. The molecule has 8 nitrogen and oxygen atoms in total. The summed E-state index contributed by atoms with van der Waals surface area (Å²) in [7, 11) is -1.08. The van der Waals surface area contributed by atoms with Gasteiger partial charge in [0.05, 0.1) is 27.2 Å². The molecule has 3 aromatic carbocycles. The Kier molecular flexibility index (Phi) is 7.78. The van der Waals surface area contributed by atoms with Gasteiger partial charge in [0.25, 0.3) is 10.0 Å². The number of benzene rings is 3. The van der Waals surface area contributed by atoms with E-state index in [9.17, 15) is 13.2 Å². The first-order chi connectivity index (χ1) is 15.8. The van der Waals surface area contributed by atoms with E-state index in [-0.39, 0.29) is 29.6 Å². The van der Waals surface area contributed by atoms with Gasteiger partial charge in [-0.05, 0) is 67.1 Å². The normalized spacial score (nSPS) is 10.9. The van der Waals surface area contributed by atoms with E-state index in [1.807, 2.05) is 31.2 Å². The molecule has 0 unspecified atom stereocenters. The first-order valence-corrected chi connectivity index (χ1v) is 11.6. The van der Waals surface area contributed by atoms with E-state index in [1.54, 1.807) is 30.3 Å². The van der Waals surface area contributed by atoms with Gasteiger partial charge >= 0.3 is 0 Å². The topological polar surface area (TPSA) is 103 Å². The van der Waals surface area contributed by atoms with Crippen LogP contribution in [-0.2, 0) is 14.8 Å². The Labute approximate surface area is 193 Å². The fourth-order valence-corrected chi connectivity index (χ4v) is 4.28. The van der Waals surface area contributed by atoms with Crippen LogP contribution in [0.3, 0.4) is 0 Å². The second kappa shape index (κ2) is 10.7. The van der Waals surface area contributed by atoms with Crippen molar-refractivity contribution in [3.8, 4) is 17.2 Å². The molecule has 0 fully saturated rings. The molecule has 9 heteroatoms. The number of rotatable bonds is 10. The molecule has 0 saturated carbocycles. The maximum atomic E-state index is 13.0. The molecule has 0 radical (unpaired) electrons. The van der Waals surface area contributed by atoms with Crippen LogP contribution in [0.2, 0.25) is 0 Å². The number of ether oxygens (including phenoxy) is 3. The summed E-state index contributed by atoms with van der Waals surface area (Å²) in [5.41, 5.74) is 1.75. The minimum atomic E-state index is -3.98. The van der Waals surface area contributed by atoms with Gasteiger partial charge in [0.2, 0.25) is 5.91 Å². The smallest absolute Gasteiger partial charge is 0.265 e. The molecule has 2 N–H and O–H groups in total. The molecule has 0 aliphatic carbocycles. The fraction of sp³-hybridized carbons (Fsp3) is 0.208. The van der Waals surface area contributed by atoms with Crippen molar-refractivity contribution in [2.75, 3.05) is 30.9 Å². The molecule has 0 aromatic heterocycles. The molecule has 1 amide bonds. The number of carbonyl (C=O) groups excluding carboxylic acids is 1. The van der Waals surface area contributed by atoms with Gasteiger partial charge in [0, 0.05) is 11.4 Å². The summed E-state index contributed by atoms with van der Waals surface area (Å²) in [6.07, 6.45) is 0.103. The maximum Gasteiger partial charge on any atom is 0.265 e. The summed E-state index contributed by atoms with van der Waals surface area (Å²) < 4.78 is 44.4. The van der Waals surface area contributed by atoms with E-state index < -0.39 is 10.0 Å². The maximum absolute atomic E-state index is 13.0.